The van der Waals surface area contributed by atoms with Gasteiger partial charge in [-0.15, -0.1) is 11.3 Å². The minimum absolute atomic E-state index is 0.0570. The van der Waals surface area contributed by atoms with Gasteiger partial charge in [0.15, 0.2) is 11.5 Å². The zero-order valence-corrected chi connectivity index (χ0v) is 15.5. The number of hydrogen-bond donors (Lipinski definition) is 0. The smallest absolute Gasteiger partial charge is 0.268 e. The molecule has 26 heavy (non-hydrogen) atoms. The summed E-state index contributed by atoms with van der Waals surface area (Å²) >= 11 is 1.30. The molecule has 1 fully saturated rings. The van der Waals surface area contributed by atoms with Gasteiger partial charge in [0.05, 0.1) is 0 Å². The van der Waals surface area contributed by atoms with Crippen LogP contribution >= 0.6 is 11.3 Å². The van der Waals surface area contributed by atoms with Crippen LogP contribution in [0.1, 0.15) is 22.2 Å². The zero-order chi connectivity index (χ0) is 18.3. The van der Waals surface area contributed by atoms with E-state index in [9.17, 15) is 9.59 Å². The summed E-state index contributed by atoms with van der Waals surface area (Å²) < 4.78 is 11.1. The molecule has 2 amide bonds. The van der Waals surface area contributed by atoms with Crippen LogP contribution in [0, 0.1) is 6.92 Å². The van der Waals surface area contributed by atoms with Crippen LogP contribution in [-0.4, -0.2) is 49.1 Å². The molecule has 2 aliphatic rings. The third-order valence-corrected chi connectivity index (χ3v) is 5.62. The van der Waals surface area contributed by atoms with Crippen LogP contribution in [0.4, 0.5) is 5.69 Å². The molecule has 1 aromatic carbocycles. The first kappa shape index (κ1) is 16.9. The van der Waals surface area contributed by atoms with Crippen LogP contribution in [0.3, 0.4) is 0 Å². The van der Waals surface area contributed by atoms with Gasteiger partial charge in [-0.05, 0) is 26.0 Å². The number of fused-ring (bicyclic) bond motifs is 1. The molecule has 3 heterocycles. The Labute approximate surface area is 155 Å². The van der Waals surface area contributed by atoms with Crippen LogP contribution in [0.15, 0.2) is 29.6 Å². The molecule has 1 atom stereocenters. The number of rotatable bonds is 2. The highest BCUT2D eigenvalue weighted by atomic mass is 32.1. The van der Waals surface area contributed by atoms with Crippen LogP contribution in [0.2, 0.25) is 0 Å². The summed E-state index contributed by atoms with van der Waals surface area (Å²) in [5.74, 6) is 0.864. The Kier molecular flexibility index (Phi) is 4.32. The average Bonchev–Trinajstić information content (AvgIpc) is 3.08. The van der Waals surface area contributed by atoms with Crippen molar-refractivity contribution >= 4 is 28.8 Å². The van der Waals surface area contributed by atoms with Crippen LogP contribution in [0.25, 0.3) is 0 Å². The summed E-state index contributed by atoms with van der Waals surface area (Å²) in [4.78, 5) is 29.6. The molecule has 0 aliphatic carbocycles. The summed E-state index contributed by atoms with van der Waals surface area (Å²) in [7, 11) is 0. The molecule has 7 heteroatoms. The maximum Gasteiger partial charge on any atom is 0.268 e. The summed E-state index contributed by atoms with van der Waals surface area (Å²) in [5, 5.41) is 1.79. The quantitative estimate of drug-likeness (QED) is 0.813. The predicted octanol–water partition coefficient (Wildman–Crippen LogP) is 2.71. The molecule has 0 saturated carbocycles. The number of hydrogen-bond acceptors (Lipinski definition) is 5. The molecule has 2 aromatic rings. The van der Waals surface area contributed by atoms with Gasteiger partial charge in [0, 0.05) is 23.7 Å². The second-order valence-electron chi connectivity index (χ2n) is 6.58. The van der Waals surface area contributed by atoms with Gasteiger partial charge in [0.25, 0.3) is 5.91 Å². The van der Waals surface area contributed by atoms with Crippen molar-refractivity contribution in [3.8, 4) is 11.5 Å². The highest BCUT2D eigenvalue weighted by molar-refractivity contribution is 7.12. The summed E-state index contributed by atoms with van der Waals surface area (Å²) in [5.41, 5.74) is 2.01. The molecule has 4 rings (SSSR count). The second-order valence-corrected chi connectivity index (χ2v) is 7.46. The topological polar surface area (TPSA) is 59.1 Å². The number of carbonyl (C=O) groups excluding carboxylic acids is 2. The van der Waals surface area contributed by atoms with Crippen molar-refractivity contribution in [3.63, 3.8) is 0 Å². The molecule has 0 spiro atoms. The van der Waals surface area contributed by atoms with Crippen molar-refractivity contribution in [2.75, 3.05) is 31.2 Å². The number of ether oxygens (including phenoxy) is 2. The van der Waals surface area contributed by atoms with Gasteiger partial charge in [-0.25, -0.2) is 0 Å². The Hall–Kier alpha value is -2.54. The van der Waals surface area contributed by atoms with Gasteiger partial charge in [-0.3, -0.25) is 9.59 Å². The molecule has 0 N–H and O–H groups in total. The normalized spacial score (nSPS) is 19.6. The lowest BCUT2D eigenvalue weighted by molar-refractivity contribution is -0.121. The van der Waals surface area contributed by atoms with E-state index in [1.807, 2.05) is 38.1 Å². The van der Waals surface area contributed by atoms with E-state index in [1.165, 1.54) is 11.3 Å². The lowest BCUT2D eigenvalue weighted by atomic mass is 10.1. The van der Waals surface area contributed by atoms with Crippen molar-refractivity contribution in [1.29, 1.82) is 0 Å². The number of piperazine rings is 1. The molecule has 1 saturated heterocycles. The minimum Gasteiger partial charge on any atom is -0.485 e. The molecule has 0 radical (unpaired) electrons. The Morgan fingerprint density at radius 1 is 1.19 bits per heavy atom. The lowest BCUT2D eigenvalue weighted by Crippen LogP contribution is -2.57. The molecule has 2 aliphatic heterocycles. The van der Waals surface area contributed by atoms with E-state index >= 15 is 0 Å². The monoisotopic (exact) mass is 372 g/mol. The first-order chi connectivity index (χ1) is 12.5. The van der Waals surface area contributed by atoms with Crippen molar-refractivity contribution in [1.82, 2.24) is 4.90 Å². The van der Waals surface area contributed by atoms with Gasteiger partial charge in [0.1, 0.15) is 24.6 Å². The Morgan fingerprint density at radius 2 is 1.92 bits per heavy atom. The van der Waals surface area contributed by atoms with Crippen LogP contribution < -0.4 is 14.4 Å². The van der Waals surface area contributed by atoms with Crippen LogP contribution in [0.5, 0.6) is 11.5 Å². The van der Waals surface area contributed by atoms with E-state index in [4.69, 9.17) is 9.47 Å². The van der Waals surface area contributed by atoms with Crippen molar-refractivity contribution in [3.05, 3.63) is 40.1 Å². The number of aryl methyl sites for hydroxylation is 1. The van der Waals surface area contributed by atoms with Gasteiger partial charge in [-0.1, -0.05) is 17.7 Å². The average molecular weight is 372 g/mol. The van der Waals surface area contributed by atoms with E-state index in [2.05, 4.69) is 0 Å². The minimum atomic E-state index is -0.175. The van der Waals surface area contributed by atoms with Gasteiger partial charge in [0.2, 0.25) is 5.91 Å². The number of thiophene rings is 1. The SMILES string of the molecule is Cc1ccc(N2C[C@@H](C)N(C(=O)c3scc4c3OCCO4)CC2=O)cc1. The third kappa shape index (κ3) is 2.92. The van der Waals surface area contributed by atoms with E-state index in [0.29, 0.717) is 36.1 Å². The van der Waals surface area contributed by atoms with Gasteiger partial charge in [-0.2, -0.15) is 0 Å². The molecule has 6 nitrogen and oxygen atoms in total. The highest BCUT2D eigenvalue weighted by Crippen LogP contribution is 2.40. The lowest BCUT2D eigenvalue weighted by Gasteiger charge is -2.39. The summed E-state index contributed by atoms with van der Waals surface area (Å²) in [6, 6.07) is 7.76. The maximum atomic E-state index is 13.0. The second kappa shape index (κ2) is 6.64. The highest BCUT2D eigenvalue weighted by Gasteiger charge is 2.36. The first-order valence-corrected chi connectivity index (χ1v) is 9.47. The van der Waals surface area contributed by atoms with E-state index in [1.54, 1.807) is 15.2 Å². The summed E-state index contributed by atoms with van der Waals surface area (Å²) in [6.45, 7) is 5.42. The van der Waals surface area contributed by atoms with E-state index in [-0.39, 0.29) is 24.4 Å². The van der Waals surface area contributed by atoms with Crippen LogP contribution in [-0.2, 0) is 4.79 Å². The molecule has 0 bridgehead atoms. The van der Waals surface area contributed by atoms with Gasteiger partial charge < -0.3 is 19.3 Å². The van der Waals surface area contributed by atoms with Crippen molar-refractivity contribution < 1.29 is 19.1 Å². The zero-order valence-electron chi connectivity index (χ0n) is 14.7. The molecule has 136 valence electrons. The number of carbonyl (C=O) groups is 2. The fraction of sp³-hybridized carbons (Fsp3) is 0.368. The predicted molar refractivity (Wildman–Crippen MR) is 99.3 cm³/mol. The number of anilines is 1. The van der Waals surface area contributed by atoms with Gasteiger partial charge >= 0.3 is 0 Å². The van der Waals surface area contributed by atoms with E-state index in [0.717, 1.165) is 11.3 Å². The Morgan fingerprint density at radius 3 is 2.69 bits per heavy atom. The molecular formula is C19H20N2O4S. The first-order valence-electron chi connectivity index (χ1n) is 8.59. The molecule has 0 unspecified atom stereocenters. The van der Waals surface area contributed by atoms with Crippen molar-refractivity contribution in [2.24, 2.45) is 0 Å². The maximum absolute atomic E-state index is 13.0. The largest absolute Gasteiger partial charge is 0.485 e. The van der Waals surface area contributed by atoms with Crippen molar-refractivity contribution in [2.45, 2.75) is 19.9 Å². The number of benzene rings is 1. The fourth-order valence-electron chi connectivity index (χ4n) is 3.24. The Bertz CT molecular complexity index is 846. The fourth-order valence-corrected chi connectivity index (χ4v) is 4.12. The number of amides is 2. The molecule has 1 aromatic heterocycles. The Balaban J connectivity index is 1.54. The third-order valence-electron chi connectivity index (χ3n) is 4.69. The standard InChI is InChI=1S/C19H20N2O4S/c1-12-3-5-14(6-4-12)21-9-13(2)20(10-16(21)22)19(23)18-17-15(11-26-18)24-7-8-25-17/h3-6,11,13H,7-10H2,1-2H3/t13-/m1/s1. The van der Waals surface area contributed by atoms with E-state index < -0.39 is 0 Å². The number of nitrogens with zero attached hydrogens (tertiary/aromatic N) is 2. The molecular weight excluding hydrogens is 352 g/mol. The summed E-state index contributed by atoms with van der Waals surface area (Å²) in [6.07, 6.45) is 0.